The van der Waals surface area contributed by atoms with Crippen molar-refractivity contribution in [1.82, 2.24) is 14.5 Å². The molecule has 0 aliphatic carbocycles. The van der Waals surface area contributed by atoms with Gasteiger partial charge in [0.1, 0.15) is 35.3 Å². The van der Waals surface area contributed by atoms with Gasteiger partial charge in [-0.05, 0) is 12.3 Å². The van der Waals surface area contributed by atoms with Crippen LogP contribution >= 0.6 is 19.6 Å². The summed E-state index contributed by atoms with van der Waals surface area (Å²) >= 11 is 1.44. The lowest BCUT2D eigenvalue weighted by atomic mass is 10.1. The molecule has 4 atom stereocenters. The number of aliphatic hydroxyl groups excluding tert-OH is 2. The van der Waals surface area contributed by atoms with Crippen LogP contribution in [0.1, 0.15) is 6.23 Å². The molecule has 132 valence electrons. The van der Waals surface area contributed by atoms with Gasteiger partial charge in [0.05, 0.1) is 12.0 Å². The Labute approximate surface area is 140 Å². The van der Waals surface area contributed by atoms with Gasteiger partial charge in [-0.2, -0.15) is 0 Å². The highest BCUT2D eigenvalue weighted by atomic mass is 32.2. The molecule has 10 nitrogen and oxygen atoms in total. The van der Waals surface area contributed by atoms with Gasteiger partial charge in [-0.1, -0.05) is 0 Å². The molecule has 3 heterocycles. The number of nitrogens with zero attached hydrogens (tertiary/aromatic N) is 3. The van der Waals surface area contributed by atoms with E-state index in [9.17, 15) is 14.8 Å². The first-order valence-corrected chi connectivity index (χ1v) is 9.64. The summed E-state index contributed by atoms with van der Waals surface area (Å²) in [5.41, 5.74) is 0.516. The van der Waals surface area contributed by atoms with Crippen molar-refractivity contribution in [1.29, 1.82) is 0 Å². The topological polar surface area (TPSA) is 147 Å². The normalized spacial score (nSPS) is 27.9. The molecule has 4 unspecified atom stereocenters. The number of thioether (sulfide) groups is 1. The van der Waals surface area contributed by atoms with Crippen molar-refractivity contribution in [2.45, 2.75) is 29.6 Å². The minimum atomic E-state index is -4.70. The monoisotopic (exact) mass is 377 g/mol. The SMILES string of the molecule is CSc1ncnc2c1ccn2C1OC(COP(=O)(O)O)C(O)C1O. The quantitative estimate of drug-likeness (QED) is 0.316. The molecule has 2 aromatic rings. The average Bonchev–Trinajstić information content (AvgIpc) is 3.07. The number of phosphoric ester groups is 1. The predicted octanol–water partition coefficient (Wildman–Crippen LogP) is -0.118. The van der Waals surface area contributed by atoms with E-state index in [0.29, 0.717) is 5.65 Å². The van der Waals surface area contributed by atoms with Gasteiger partial charge >= 0.3 is 7.82 Å². The van der Waals surface area contributed by atoms with Crippen LogP contribution in [0.25, 0.3) is 11.0 Å². The van der Waals surface area contributed by atoms with Gasteiger partial charge in [-0.25, -0.2) is 14.5 Å². The summed E-state index contributed by atoms with van der Waals surface area (Å²) in [6, 6.07) is 1.77. The number of phosphoric acid groups is 1. The van der Waals surface area contributed by atoms with E-state index in [1.807, 2.05) is 6.26 Å². The van der Waals surface area contributed by atoms with Crippen LogP contribution in [0.2, 0.25) is 0 Å². The van der Waals surface area contributed by atoms with Gasteiger partial charge in [0.25, 0.3) is 0 Å². The molecule has 1 fully saturated rings. The molecule has 3 rings (SSSR count). The standard InChI is InChI=1S/C12H16N3O7PS/c1-24-11-6-2-3-15(10(6)13-5-14-11)12-9(17)8(16)7(22-12)4-21-23(18,19)20/h2-3,5,7-9,12,16-17H,4H2,1H3,(H2,18,19,20). The van der Waals surface area contributed by atoms with Crippen LogP contribution in [0.4, 0.5) is 0 Å². The highest BCUT2D eigenvalue weighted by molar-refractivity contribution is 7.98. The third kappa shape index (κ3) is 3.35. The fraction of sp³-hybridized carbons (Fsp3) is 0.500. The fourth-order valence-electron chi connectivity index (χ4n) is 2.58. The second-order valence-electron chi connectivity index (χ2n) is 5.18. The van der Waals surface area contributed by atoms with Crippen LogP contribution in [-0.2, 0) is 13.8 Å². The Kier molecular flexibility index (Phi) is 4.96. The van der Waals surface area contributed by atoms with Crippen molar-refractivity contribution in [3.05, 3.63) is 18.6 Å². The Hall–Kier alpha value is -1.04. The Morgan fingerprint density at radius 2 is 2.12 bits per heavy atom. The van der Waals surface area contributed by atoms with Crippen LogP contribution in [0.3, 0.4) is 0 Å². The zero-order valence-electron chi connectivity index (χ0n) is 12.5. The molecular formula is C12H16N3O7PS. The second kappa shape index (κ2) is 6.70. The molecule has 12 heteroatoms. The van der Waals surface area contributed by atoms with Crippen LogP contribution in [0, 0.1) is 0 Å². The highest BCUT2D eigenvalue weighted by Gasteiger charge is 2.44. The lowest BCUT2D eigenvalue weighted by Gasteiger charge is -2.17. The average molecular weight is 377 g/mol. The largest absolute Gasteiger partial charge is 0.469 e. The molecule has 0 amide bonds. The first-order chi connectivity index (χ1) is 11.3. The smallest absolute Gasteiger partial charge is 0.387 e. The summed E-state index contributed by atoms with van der Waals surface area (Å²) in [6.45, 7) is -0.552. The Balaban J connectivity index is 1.86. The molecule has 0 aromatic carbocycles. The maximum atomic E-state index is 10.8. The van der Waals surface area contributed by atoms with E-state index < -0.39 is 39.0 Å². The molecule has 24 heavy (non-hydrogen) atoms. The van der Waals surface area contributed by atoms with E-state index in [1.165, 1.54) is 18.1 Å². The third-order valence-electron chi connectivity index (χ3n) is 3.68. The molecule has 0 spiro atoms. The predicted molar refractivity (Wildman–Crippen MR) is 83.2 cm³/mol. The first-order valence-electron chi connectivity index (χ1n) is 6.89. The van der Waals surface area contributed by atoms with E-state index in [2.05, 4.69) is 14.5 Å². The molecule has 0 saturated carbocycles. The zero-order chi connectivity index (χ0) is 17.5. The molecule has 4 N–H and O–H groups in total. The fourth-order valence-corrected chi connectivity index (χ4v) is 3.46. The second-order valence-corrected chi connectivity index (χ2v) is 7.21. The Bertz CT molecular complexity index is 781. The van der Waals surface area contributed by atoms with Crippen molar-refractivity contribution in [3.63, 3.8) is 0 Å². The Morgan fingerprint density at radius 1 is 1.38 bits per heavy atom. The molecule has 1 aliphatic rings. The number of hydrogen-bond acceptors (Lipinski definition) is 8. The summed E-state index contributed by atoms with van der Waals surface area (Å²) in [6.07, 6.45) is 0.186. The van der Waals surface area contributed by atoms with E-state index in [1.54, 1.807) is 16.8 Å². The summed E-state index contributed by atoms with van der Waals surface area (Å²) in [5.74, 6) is 0. The zero-order valence-corrected chi connectivity index (χ0v) is 14.2. The van der Waals surface area contributed by atoms with Crippen LogP contribution in [-0.4, -0.2) is 65.7 Å². The highest BCUT2D eigenvalue weighted by Crippen LogP contribution is 2.39. The first kappa shape index (κ1) is 17.8. The summed E-state index contributed by atoms with van der Waals surface area (Å²) < 4.78 is 22.2. The van der Waals surface area contributed by atoms with E-state index in [4.69, 9.17) is 14.5 Å². The summed E-state index contributed by atoms with van der Waals surface area (Å²) in [5, 5.41) is 21.8. The van der Waals surface area contributed by atoms with E-state index in [0.717, 1.165) is 10.4 Å². The molecule has 1 aliphatic heterocycles. The van der Waals surface area contributed by atoms with Gasteiger partial charge < -0.3 is 29.3 Å². The lowest BCUT2D eigenvalue weighted by Crippen LogP contribution is -2.33. The van der Waals surface area contributed by atoms with Crippen LogP contribution < -0.4 is 0 Å². The lowest BCUT2D eigenvalue weighted by molar-refractivity contribution is -0.0501. The number of fused-ring (bicyclic) bond motifs is 1. The third-order valence-corrected chi connectivity index (χ3v) is 4.88. The van der Waals surface area contributed by atoms with Crippen molar-refractivity contribution in [3.8, 4) is 0 Å². The molecule has 0 bridgehead atoms. The van der Waals surface area contributed by atoms with Crippen LogP contribution in [0.5, 0.6) is 0 Å². The van der Waals surface area contributed by atoms with Crippen LogP contribution in [0.15, 0.2) is 23.6 Å². The summed E-state index contributed by atoms with van der Waals surface area (Å²) in [7, 11) is -4.70. The maximum absolute atomic E-state index is 10.8. The van der Waals surface area contributed by atoms with Crippen molar-refractivity contribution < 1.29 is 33.8 Å². The van der Waals surface area contributed by atoms with Gasteiger partial charge in [-0.3, -0.25) is 4.52 Å². The Morgan fingerprint density at radius 3 is 2.79 bits per heavy atom. The number of rotatable bonds is 5. The minimum absolute atomic E-state index is 0.516. The minimum Gasteiger partial charge on any atom is -0.387 e. The number of ether oxygens (including phenoxy) is 1. The number of aliphatic hydroxyl groups is 2. The van der Waals surface area contributed by atoms with Gasteiger partial charge in [-0.15, -0.1) is 11.8 Å². The van der Waals surface area contributed by atoms with Gasteiger partial charge in [0, 0.05) is 6.20 Å². The number of hydrogen-bond donors (Lipinski definition) is 4. The molecular weight excluding hydrogens is 361 g/mol. The van der Waals surface area contributed by atoms with Crippen molar-refractivity contribution in [2.24, 2.45) is 0 Å². The van der Waals surface area contributed by atoms with Crippen molar-refractivity contribution >= 4 is 30.6 Å². The molecule has 0 radical (unpaired) electrons. The van der Waals surface area contributed by atoms with Gasteiger partial charge in [0.15, 0.2) is 6.23 Å². The van der Waals surface area contributed by atoms with Crippen molar-refractivity contribution in [2.75, 3.05) is 12.9 Å². The van der Waals surface area contributed by atoms with E-state index >= 15 is 0 Å². The maximum Gasteiger partial charge on any atom is 0.469 e. The van der Waals surface area contributed by atoms with E-state index in [-0.39, 0.29) is 0 Å². The summed E-state index contributed by atoms with van der Waals surface area (Å²) in [4.78, 5) is 25.8. The number of aromatic nitrogens is 3. The molecule has 1 saturated heterocycles. The van der Waals surface area contributed by atoms with Gasteiger partial charge in [0.2, 0.25) is 0 Å². The molecule has 2 aromatic heterocycles.